The quantitative estimate of drug-likeness (QED) is 0.746. The predicted octanol–water partition coefficient (Wildman–Crippen LogP) is 3.15. The van der Waals surface area contributed by atoms with E-state index in [-0.39, 0.29) is 12.3 Å². The molecule has 116 valence electrons. The number of anilines is 1. The zero-order valence-electron chi connectivity index (χ0n) is 12.0. The van der Waals surface area contributed by atoms with Gasteiger partial charge in [0.05, 0.1) is 28.2 Å². The topological polar surface area (TPSA) is 85.1 Å². The average molecular weight is 343 g/mol. The molecule has 1 aromatic carbocycles. The number of nitrogens with one attached hydrogen (secondary N) is 1. The summed E-state index contributed by atoms with van der Waals surface area (Å²) in [6.07, 6.45) is 0.148. The van der Waals surface area contributed by atoms with Crippen molar-refractivity contribution < 1.29 is 9.59 Å². The van der Waals surface area contributed by atoms with Crippen molar-refractivity contribution in [3.63, 3.8) is 0 Å². The first-order valence-corrected chi connectivity index (χ1v) is 8.56. The van der Waals surface area contributed by atoms with Gasteiger partial charge in [-0.25, -0.2) is 4.98 Å². The molecule has 2 amide bonds. The van der Waals surface area contributed by atoms with Crippen molar-refractivity contribution in [2.45, 2.75) is 6.42 Å². The van der Waals surface area contributed by atoms with Crippen molar-refractivity contribution in [1.82, 2.24) is 4.98 Å². The maximum atomic E-state index is 12.2. The summed E-state index contributed by atoms with van der Waals surface area (Å²) in [5.74, 6) is -0.809. The van der Waals surface area contributed by atoms with E-state index in [0.717, 1.165) is 9.88 Å². The minimum absolute atomic E-state index is 0.148. The van der Waals surface area contributed by atoms with Gasteiger partial charge in [0.1, 0.15) is 5.01 Å². The number of para-hydroxylation sites is 1. The van der Waals surface area contributed by atoms with Gasteiger partial charge in [0.15, 0.2) is 0 Å². The number of aromatic nitrogens is 1. The van der Waals surface area contributed by atoms with Gasteiger partial charge in [-0.3, -0.25) is 9.59 Å². The minimum Gasteiger partial charge on any atom is -0.366 e. The van der Waals surface area contributed by atoms with Crippen molar-refractivity contribution >= 4 is 40.2 Å². The third-order valence-electron chi connectivity index (χ3n) is 3.09. The number of hydrogen-bond donors (Lipinski definition) is 2. The Morgan fingerprint density at radius 3 is 2.70 bits per heavy atom. The van der Waals surface area contributed by atoms with E-state index in [9.17, 15) is 9.59 Å². The smallest absolute Gasteiger partial charge is 0.250 e. The molecule has 0 aliphatic heterocycles. The molecule has 0 aliphatic carbocycles. The van der Waals surface area contributed by atoms with Crippen LogP contribution in [0.5, 0.6) is 0 Å². The van der Waals surface area contributed by atoms with Crippen LogP contribution in [-0.2, 0) is 11.2 Å². The van der Waals surface area contributed by atoms with Crippen molar-refractivity contribution in [3.8, 4) is 9.88 Å². The summed E-state index contributed by atoms with van der Waals surface area (Å²) in [5.41, 5.74) is 6.71. The van der Waals surface area contributed by atoms with E-state index in [2.05, 4.69) is 10.3 Å². The highest BCUT2D eigenvalue weighted by Crippen LogP contribution is 2.28. The number of carbonyl (C=O) groups excluding carboxylic acids is 2. The average Bonchev–Trinajstić information content (AvgIpc) is 3.18. The Morgan fingerprint density at radius 1 is 1.13 bits per heavy atom. The van der Waals surface area contributed by atoms with Crippen LogP contribution in [0.15, 0.2) is 47.2 Å². The molecule has 2 aromatic heterocycles. The van der Waals surface area contributed by atoms with Gasteiger partial charge in [0.25, 0.3) is 5.91 Å². The highest BCUT2D eigenvalue weighted by atomic mass is 32.1. The molecular formula is C16H13N3O2S2. The Kier molecular flexibility index (Phi) is 4.50. The van der Waals surface area contributed by atoms with E-state index in [1.165, 1.54) is 11.3 Å². The molecule has 0 fully saturated rings. The van der Waals surface area contributed by atoms with E-state index < -0.39 is 5.91 Å². The Balaban J connectivity index is 1.70. The summed E-state index contributed by atoms with van der Waals surface area (Å²) in [4.78, 5) is 29.1. The Hall–Kier alpha value is -2.51. The molecule has 0 saturated heterocycles. The zero-order chi connectivity index (χ0) is 16.2. The third kappa shape index (κ3) is 3.64. The first-order valence-electron chi connectivity index (χ1n) is 6.80. The molecule has 23 heavy (non-hydrogen) atoms. The third-order valence-corrected chi connectivity index (χ3v) is 5.02. The van der Waals surface area contributed by atoms with Crippen LogP contribution in [0.25, 0.3) is 9.88 Å². The summed E-state index contributed by atoms with van der Waals surface area (Å²) in [6, 6.07) is 10.6. The van der Waals surface area contributed by atoms with E-state index in [0.29, 0.717) is 16.9 Å². The molecule has 0 unspecified atom stereocenters. The van der Waals surface area contributed by atoms with Crippen molar-refractivity contribution in [3.05, 3.63) is 58.4 Å². The van der Waals surface area contributed by atoms with E-state index >= 15 is 0 Å². The lowest BCUT2D eigenvalue weighted by molar-refractivity contribution is -0.115. The summed E-state index contributed by atoms with van der Waals surface area (Å²) in [6.45, 7) is 0. The fraction of sp³-hybridized carbons (Fsp3) is 0.0625. The van der Waals surface area contributed by atoms with Gasteiger partial charge in [-0.15, -0.1) is 22.7 Å². The molecular weight excluding hydrogens is 330 g/mol. The lowest BCUT2D eigenvalue weighted by Gasteiger charge is -2.07. The van der Waals surface area contributed by atoms with Gasteiger partial charge in [-0.05, 0) is 23.6 Å². The summed E-state index contributed by atoms with van der Waals surface area (Å²) in [5, 5.41) is 7.47. The molecule has 0 spiro atoms. The maximum absolute atomic E-state index is 12.2. The van der Waals surface area contributed by atoms with Crippen LogP contribution in [-0.4, -0.2) is 16.8 Å². The molecule has 3 N–H and O–H groups in total. The number of nitrogens with zero attached hydrogens (tertiary/aromatic N) is 1. The number of benzene rings is 1. The number of primary amides is 1. The molecule has 3 rings (SSSR count). The van der Waals surface area contributed by atoms with Crippen LogP contribution in [0.2, 0.25) is 0 Å². The molecule has 0 saturated carbocycles. The number of thiophene rings is 1. The molecule has 3 aromatic rings. The van der Waals surface area contributed by atoms with Crippen LogP contribution in [0.4, 0.5) is 5.69 Å². The van der Waals surface area contributed by atoms with Gasteiger partial charge < -0.3 is 11.1 Å². The molecule has 5 nitrogen and oxygen atoms in total. The van der Waals surface area contributed by atoms with Crippen LogP contribution in [0, 0.1) is 0 Å². The summed E-state index contributed by atoms with van der Waals surface area (Å²) in [7, 11) is 0. The highest BCUT2D eigenvalue weighted by molar-refractivity contribution is 7.20. The second-order valence-electron chi connectivity index (χ2n) is 4.76. The van der Waals surface area contributed by atoms with Gasteiger partial charge >= 0.3 is 0 Å². The largest absolute Gasteiger partial charge is 0.366 e. The van der Waals surface area contributed by atoms with Gasteiger partial charge in [0, 0.05) is 5.38 Å². The SMILES string of the molecule is NC(=O)c1ccccc1NC(=O)Cc1csc(-c2cccs2)n1. The fourth-order valence-electron chi connectivity index (χ4n) is 2.07. The minimum atomic E-state index is -0.575. The Labute approximate surface area is 140 Å². The number of hydrogen-bond acceptors (Lipinski definition) is 5. The molecule has 0 aliphatic rings. The molecule has 2 heterocycles. The van der Waals surface area contributed by atoms with E-state index in [1.807, 2.05) is 22.9 Å². The monoisotopic (exact) mass is 343 g/mol. The van der Waals surface area contributed by atoms with Crippen LogP contribution >= 0.6 is 22.7 Å². The van der Waals surface area contributed by atoms with Gasteiger partial charge in [-0.2, -0.15) is 0 Å². The zero-order valence-corrected chi connectivity index (χ0v) is 13.6. The molecule has 0 atom stereocenters. The lowest BCUT2D eigenvalue weighted by Crippen LogP contribution is -2.19. The second kappa shape index (κ2) is 6.72. The fourth-order valence-corrected chi connectivity index (χ4v) is 3.70. The highest BCUT2D eigenvalue weighted by Gasteiger charge is 2.13. The molecule has 7 heteroatoms. The second-order valence-corrected chi connectivity index (χ2v) is 6.56. The molecule has 0 radical (unpaired) electrons. The first-order chi connectivity index (χ1) is 11.1. The van der Waals surface area contributed by atoms with Crippen LogP contribution in [0.3, 0.4) is 0 Å². The van der Waals surface area contributed by atoms with Crippen molar-refractivity contribution in [2.75, 3.05) is 5.32 Å². The number of nitrogens with two attached hydrogens (primary N) is 1. The van der Waals surface area contributed by atoms with Crippen molar-refractivity contribution in [1.29, 1.82) is 0 Å². The van der Waals surface area contributed by atoms with Crippen LogP contribution < -0.4 is 11.1 Å². The van der Waals surface area contributed by atoms with E-state index in [1.54, 1.807) is 35.6 Å². The maximum Gasteiger partial charge on any atom is 0.250 e. The number of thiazole rings is 1. The van der Waals surface area contributed by atoms with Gasteiger partial charge in [0.2, 0.25) is 5.91 Å². The van der Waals surface area contributed by atoms with Crippen molar-refractivity contribution in [2.24, 2.45) is 5.73 Å². The predicted molar refractivity (Wildman–Crippen MR) is 92.7 cm³/mol. The Morgan fingerprint density at radius 2 is 1.96 bits per heavy atom. The standard InChI is InChI=1S/C16H13N3O2S2/c17-15(21)11-4-1-2-5-12(11)19-14(20)8-10-9-23-16(18-10)13-6-3-7-22-13/h1-7,9H,8H2,(H2,17,21)(H,19,20). The van der Waals surface area contributed by atoms with Gasteiger partial charge in [-0.1, -0.05) is 18.2 Å². The summed E-state index contributed by atoms with van der Waals surface area (Å²) >= 11 is 3.12. The number of rotatable bonds is 5. The normalized spacial score (nSPS) is 10.4. The first kappa shape index (κ1) is 15.4. The lowest BCUT2D eigenvalue weighted by atomic mass is 10.1. The van der Waals surface area contributed by atoms with E-state index in [4.69, 9.17) is 5.73 Å². The van der Waals surface area contributed by atoms with Crippen LogP contribution in [0.1, 0.15) is 16.1 Å². The number of amides is 2. The summed E-state index contributed by atoms with van der Waals surface area (Å²) < 4.78 is 0. The molecule has 0 bridgehead atoms. The number of carbonyl (C=O) groups is 2. The Bertz CT molecular complexity index is 841.